The minimum Gasteiger partial charge on any atom is -0.450 e. The van der Waals surface area contributed by atoms with E-state index in [1.54, 1.807) is 6.92 Å². The Labute approximate surface area is 53.0 Å². The van der Waals surface area contributed by atoms with Crippen LogP contribution in [0.4, 0.5) is 4.79 Å². The van der Waals surface area contributed by atoms with Gasteiger partial charge in [0.05, 0.1) is 6.61 Å². The summed E-state index contributed by atoms with van der Waals surface area (Å²) in [5.74, 6) is 0. The Bertz CT molecular complexity index is 56.9. The summed E-state index contributed by atoms with van der Waals surface area (Å²) >= 11 is 0. The third-order valence-corrected chi connectivity index (χ3v) is 0.287. The van der Waals surface area contributed by atoms with E-state index in [4.69, 9.17) is 0 Å². The molecule has 0 aliphatic carbocycles. The van der Waals surface area contributed by atoms with Gasteiger partial charge in [-0.1, -0.05) is 0 Å². The van der Waals surface area contributed by atoms with Gasteiger partial charge in [0.2, 0.25) is 0 Å². The molecule has 0 aromatic rings. The van der Waals surface area contributed by atoms with Crippen LogP contribution < -0.4 is 5.73 Å². The highest BCUT2D eigenvalue weighted by molar-refractivity contribution is 5.75. The minimum absolute atomic E-state index is 0. The third kappa shape index (κ3) is 10.7. The molecule has 3 radical (unpaired) electrons. The molecule has 0 heterocycles. The number of hydrogen-bond donors (Lipinski definition) is 1. The zero-order valence-corrected chi connectivity index (χ0v) is 5.33. The van der Waals surface area contributed by atoms with E-state index in [1.165, 1.54) is 0 Å². The van der Waals surface area contributed by atoms with Crippen LogP contribution in [0.25, 0.3) is 0 Å². The molecule has 1 amide bonds. The van der Waals surface area contributed by atoms with Gasteiger partial charge < -0.3 is 10.5 Å². The van der Waals surface area contributed by atoms with Gasteiger partial charge in [-0.05, 0) is 6.92 Å². The summed E-state index contributed by atoms with van der Waals surface area (Å²) in [6.07, 6.45) is -0.711. The lowest BCUT2D eigenvalue weighted by Crippen LogP contribution is -2.11. The van der Waals surface area contributed by atoms with E-state index < -0.39 is 6.09 Å². The molecule has 0 aliphatic heterocycles. The topological polar surface area (TPSA) is 52.3 Å². The molecule has 3 nitrogen and oxygen atoms in total. The zero-order chi connectivity index (χ0) is 4.99. The molecular formula is C3H7AlNO2. The minimum atomic E-state index is -0.711. The van der Waals surface area contributed by atoms with Crippen molar-refractivity contribution < 1.29 is 9.53 Å². The summed E-state index contributed by atoms with van der Waals surface area (Å²) in [6, 6.07) is 0. The van der Waals surface area contributed by atoms with Crippen LogP contribution in [0.15, 0.2) is 0 Å². The van der Waals surface area contributed by atoms with Crippen molar-refractivity contribution in [3.8, 4) is 0 Å². The number of nitrogens with two attached hydrogens (primary N) is 1. The lowest BCUT2D eigenvalue weighted by atomic mass is 10.9. The predicted molar refractivity (Wildman–Crippen MR) is 27.0 cm³/mol. The van der Waals surface area contributed by atoms with Gasteiger partial charge >= 0.3 is 6.09 Å². The van der Waals surface area contributed by atoms with Crippen LogP contribution in [0.5, 0.6) is 0 Å². The molecule has 2 N–H and O–H groups in total. The molecule has 0 unspecified atom stereocenters. The number of carbonyl (C=O) groups is 1. The van der Waals surface area contributed by atoms with Crippen LogP contribution in [0.3, 0.4) is 0 Å². The van der Waals surface area contributed by atoms with Gasteiger partial charge in [0.15, 0.2) is 0 Å². The number of ether oxygens (including phenoxy) is 1. The first-order valence-electron chi connectivity index (χ1n) is 1.69. The highest BCUT2D eigenvalue weighted by Gasteiger charge is 1.82. The van der Waals surface area contributed by atoms with Crippen molar-refractivity contribution in [1.29, 1.82) is 0 Å². The van der Waals surface area contributed by atoms with Gasteiger partial charge in [-0.3, -0.25) is 0 Å². The Morgan fingerprint density at radius 2 is 2.29 bits per heavy atom. The SMILES string of the molecule is CCOC(N)=O.[Al]. The molecule has 0 bridgehead atoms. The Balaban J connectivity index is 0. The first-order valence-corrected chi connectivity index (χ1v) is 1.69. The molecule has 0 rings (SSSR count). The fraction of sp³-hybridized carbons (Fsp3) is 0.667. The van der Waals surface area contributed by atoms with Gasteiger partial charge in [0, 0.05) is 17.4 Å². The average Bonchev–Trinajstić information content (AvgIpc) is 1.35. The summed E-state index contributed by atoms with van der Waals surface area (Å²) in [4.78, 5) is 9.60. The molecule has 0 saturated carbocycles. The van der Waals surface area contributed by atoms with E-state index in [9.17, 15) is 4.79 Å². The van der Waals surface area contributed by atoms with Crippen LogP contribution in [-0.2, 0) is 4.74 Å². The number of rotatable bonds is 1. The summed E-state index contributed by atoms with van der Waals surface area (Å²) in [5, 5.41) is 0. The molecule has 0 saturated heterocycles. The van der Waals surface area contributed by atoms with Gasteiger partial charge in [0.1, 0.15) is 0 Å². The third-order valence-electron chi connectivity index (χ3n) is 0.287. The maximum absolute atomic E-state index is 9.60. The normalized spacial score (nSPS) is 6.43. The van der Waals surface area contributed by atoms with Crippen molar-refractivity contribution in [3.63, 3.8) is 0 Å². The molecule has 0 fully saturated rings. The second-order valence-electron chi connectivity index (χ2n) is 0.752. The summed E-state index contributed by atoms with van der Waals surface area (Å²) in [6.45, 7) is 2.06. The van der Waals surface area contributed by atoms with E-state index >= 15 is 0 Å². The van der Waals surface area contributed by atoms with Gasteiger partial charge in [-0.15, -0.1) is 0 Å². The van der Waals surface area contributed by atoms with Crippen LogP contribution in [0.1, 0.15) is 6.92 Å². The van der Waals surface area contributed by atoms with E-state index in [2.05, 4.69) is 10.5 Å². The molecule has 4 heteroatoms. The maximum atomic E-state index is 9.60. The fourth-order valence-electron chi connectivity index (χ4n) is 0.142. The Kier molecular flexibility index (Phi) is 8.23. The monoisotopic (exact) mass is 116 g/mol. The second-order valence-corrected chi connectivity index (χ2v) is 0.752. The summed E-state index contributed by atoms with van der Waals surface area (Å²) in [7, 11) is 0. The quantitative estimate of drug-likeness (QED) is 0.479. The van der Waals surface area contributed by atoms with Crippen LogP contribution in [0, 0.1) is 0 Å². The van der Waals surface area contributed by atoms with Gasteiger partial charge in [0.25, 0.3) is 0 Å². The average molecular weight is 116 g/mol. The number of hydrogen-bond acceptors (Lipinski definition) is 2. The van der Waals surface area contributed by atoms with Crippen molar-refractivity contribution in [2.75, 3.05) is 6.61 Å². The van der Waals surface area contributed by atoms with Gasteiger partial charge in [-0.25, -0.2) is 4.79 Å². The van der Waals surface area contributed by atoms with Gasteiger partial charge in [-0.2, -0.15) is 0 Å². The molecule has 0 atom stereocenters. The number of primary amides is 1. The highest BCUT2D eigenvalue weighted by atomic mass is 27.0. The molecular weight excluding hydrogens is 109 g/mol. The molecule has 39 valence electrons. The van der Waals surface area contributed by atoms with E-state index in [0.717, 1.165) is 0 Å². The first kappa shape index (κ1) is 9.93. The highest BCUT2D eigenvalue weighted by Crippen LogP contribution is 1.66. The lowest BCUT2D eigenvalue weighted by molar-refractivity contribution is 0.163. The molecule has 0 aromatic heterocycles. The number of carbonyl (C=O) groups excluding carboxylic acids is 1. The standard InChI is InChI=1S/C3H7NO2.Al/c1-2-6-3(4)5;/h2H2,1H3,(H2,4,5);. The molecule has 0 spiro atoms. The largest absolute Gasteiger partial charge is 0.450 e. The Morgan fingerprint density at radius 3 is 2.29 bits per heavy atom. The lowest BCUT2D eigenvalue weighted by Gasteiger charge is -1.89. The van der Waals surface area contributed by atoms with Crippen LogP contribution in [-0.4, -0.2) is 30.1 Å². The van der Waals surface area contributed by atoms with E-state index in [1.807, 2.05) is 0 Å². The molecule has 7 heavy (non-hydrogen) atoms. The van der Waals surface area contributed by atoms with Crippen molar-refractivity contribution in [3.05, 3.63) is 0 Å². The van der Waals surface area contributed by atoms with Crippen molar-refractivity contribution in [1.82, 2.24) is 0 Å². The summed E-state index contributed by atoms with van der Waals surface area (Å²) in [5.41, 5.74) is 4.54. The Morgan fingerprint density at radius 1 is 1.86 bits per heavy atom. The van der Waals surface area contributed by atoms with Crippen LogP contribution >= 0.6 is 0 Å². The van der Waals surface area contributed by atoms with Crippen molar-refractivity contribution in [2.24, 2.45) is 5.73 Å². The Hall–Kier alpha value is -0.198. The zero-order valence-electron chi connectivity index (χ0n) is 4.18. The van der Waals surface area contributed by atoms with E-state index in [0.29, 0.717) is 6.61 Å². The first-order chi connectivity index (χ1) is 2.77. The van der Waals surface area contributed by atoms with E-state index in [-0.39, 0.29) is 17.4 Å². The van der Waals surface area contributed by atoms with Crippen molar-refractivity contribution >= 4 is 23.5 Å². The fourth-order valence-corrected chi connectivity index (χ4v) is 0.142. The maximum Gasteiger partial charge on any atom is 0.404 e. The second kappa shape index (κ2) is 5.80. The van der Waals surface area contributed by atoms with Crippen LogP contribution in [0.2, 0.25) is 0 Å². The smallest absolute Gasteiger partial charge is 0.404 e. The predicted octanol–water partition coefficient (Wildman–Crippen LogP) is -0.279. The van der Waals surface area contributed by atoms with Crippen molar-refractivity contribution in [2.45, 2.75) is 6.92 Å². The number of amides is 1. The molecule has 0 aromatic carbocycles. The molecule has 0 aliphatic rings. The summed E-state index contributed by atoms with van der Waals surface area (Å²) < 4.78 is 4.18.